The largest absolute Gasteiger partial charge is 0.381 e. The Kier molecular flexibility index (Phi) is 12.6. The summed E-state index contributed by atoms with van der Waals surface area (Å²) in [6, 6.07) is 0. The van der Waals surface area contributed by atoms with Gasteiger partial charge in [0, 0.05) is 65.4 Å². The van der Waals surface area contributed by atoms with Crippen molar-refractivity contribution in [3.8, 4) is 0 Å². The minimum Gasteiger partial charge on any atom is -0.381 e. The van der Waals surface area contributed by atoms with E-state index < -0.39 is 0 Å². The van der Waals surface area contributed by atoms with Gasteiger partial charge in [-0.3, -0.25) is 4.99 Å². The van der Waals surface area contributed by atoms with Gasteiger partial charge in [-0.25, -0.2) is 0 Å². The van der Waals surface area contributed by atoms with Gasteiger partial charge >= 0.3 is 0 Å². The number of aryl methyl sites for hydroxylation is 1. The number of rotatable bonds is 10. The number of hydrogen-bond donors (Lipinski definition) is 2. The number of ether oxygens (including phenoxy) is 2. The van der Waals surface area contributed by atoms with E-state index in [-0.39, 0.29) is 24.0 Å². The van der Waals surface area contributed by atoms with E-state index in [2.05, 4.69) is 37.3 Å². The number of hydrogen-bond acceptors (Lipinski definition) is 5. The van der Waals surface area contributed by atoms with Crippen LogP contribution in [0, 0.1) is 5.92 Å². The van der Waals surface area contributed by atoms with Crippen LogP contribution in [0.4, 0.5) is 0 Å². The zero-order valence-corrected chi connectivity index (χ0v) is 20.7. The van der Waals surface area contributed by atoms with E-state index in [0.717, 1.165) is 102 Å². The molecular formula is C21H39IN6O2. The van der Waals surface area contributed by atoms with Gasteiger partial charge in [0.1, 0.15) is 11.6 Å². The summed E-state index contributed by atoms with van der Waals surface area (Å²) < 4.78 is 13.5. The van der Waals surface area contributed by atoms with Crippen LogP contribution >= 0.6 is 24.0 Å². The summed E-state index contributed by atoms with van der Waals surface area (Å²) in [6.45, 7) is 8.97. The summed E-state index contributed by atoms with van der Waals surface area (Å²) in [5.41, 5.74) is 0. The van der Waals surface area contributed by atoms with Crippen LogP contribution in [0.15, 0.2) is 4.99 Å². The molecule has 172 valence electrons. The van der Waals surface area contributed by atoms with Crippen molar-refractivity contribution in [2.24, 2.45) is 10.9 Å². The van der Waals surface area contributed by atoms with Crippen molar-refractivity contribution in [2.75, 3.05) is 46.1 Å². The molecule has 0 amide bonds. The maximum atomic E-state index is 5.82. The molecule has 0 bridgehead atoms. The minimum absolute atomic E-state index is 0. The molecule has 8 nitrogen and oxygen atoms in total. The lowest BCUT2D eigenvalue weighted by Crippen LogP contribution is -2.38. The van der Waals surface area contributed by atoms with Gasteiger partial charge in [0.15, 0.2) is 5.96 Å². The van der Waals surface area contributed by atoms with Crippen LogP contribution in [0.25, 0.3) is 0 Å². The standard InChI is InChI=1S/C21H38N6O2.HI/c1-2-22-21(23-11-6-14-29-17-18-9-15-28-16-10-18)24-12-8-20-26-25-19-7-4-3-5-13-27(19)20;/h18H,2-17H2,1H3,(H2,22,23,24);1H. The van der Waals surface area contributed by atoms with Crippen LogP contribution in [0.2, 0.25) is 0 Å². The summed E-state index contributed by atoms with van der Waals surface area (Å²) >= 11 is 0. The molecule has 30 heavy (non-hydrogen) atoms. The Balaban J connectivity index is 0.00000320. The van der Waals surface area contributed by atoms with Gasteiger partial charge in [0.05, 0.1) is 0 Å². The van der Waals surface area contributed by atoms with Gasteiger partial charge in [0.25, 0.3) is 0 Å². The van der Waals surface area contributed by atoms with Crippen molar-refractivity contribution in [3.05, 3.63) is 11.6 Å². The highest BCUT2D eigenvalue weighted by molar-refractivity contribution is 14.0. The van der Waals surface area contributed by atoms with Gasteiger partial charge in [-0.15, -0.1) is 34.2 Å². The van der Waals surface area contributed by atoms with E-state index in [0.29, 0.717) is 5.92 Å². The fraction of sp³-hybridized carbons (Fsp3) is 0.857. The van der Waals surface area contributed by atoms with Gasteiger partial charge < -0.3 is 24.7 Å². The number of aromatic nitrogens is 3. The molecule has 0 aromatic carbocycles. The summed E-state index contributed by atoms with van der Waals surface area (Å²) in [7, 11) is 0. The lowest BCUT2D eigenvalue weighted by Gasteiger charge is -2.21. The van der Waals surface area contributed by atoms with E-state index in [1.165, 1.54) is 19.3 Å². The van der Waals surface area contributed by atoms with Crippen molar-refractivity contribution in [3.63, 3.8) is 0 Å². The third kappa shape index (κ3) is 8.66. The SMILES string of the molecule is CCNC(=NCCCOCC1CCOCC1)NCCc1nnc2n1CCCCC2.I. The fourth-order valence-corrected chi connectivity index (χ4v) is 3.89. The number of fused-ring (bicyclic) bond motifs is 1. The Morgan fingerprint density at radius 1 is 1.20 bits per heavy atom. The highest BCUT2D eigenvalue weighted by atomic mass is 127. The van der Waals surface area contributed by atoms with Crippen LogP contribution in [0.3, 0.4) is 0 Å². The van der Waals surface area contributed by atoms with Crippen molar-refractivity contribution in [1.82, 2.24) is 25.4 Å². The molecule has 2 aliphatic rings. The Labute approximate surface area is 198 Å². The second kappa shape index (κ2) is 15.0. The molecule has 0 aliphatic carbocycles. The first-order valence-electron chi connectivity index (χ1n) is 11.5. The van der Waals surface area contributed by atoms with Crippen LogP contribution in [0.5, 0.6) is 0 Å². The van der Waals surface area contributed by atoms with Crippen LogP contribution < -0.4 is 10.6 Å². The normalized spacial score (nSPS) is 17.7. The van der Waals surface area contributed by atoms with E-state index in [1.54, 1.807) is 0 Å². The number of nitrogens with zero attached hydrogens (tertiary/aromatic N) is 4. The highest BCUT2D eigenvalue weighted by Crippen LogP contribution is 2.15. The molecule has 3 rings (SSSR count). The summed E-state index contributed by atoms with van der Waals surface area (Å²) in [5.74, 6) is 3.77. The number of guanidine groups is 1. The van der Waals surface area contributed by atoms with E-state index in [1.807, 2.05) is 0 Å². The molecule has 2 N–H and O–H groups in total. The monoisotopic (exact) mass is 534 g/mol. The number of nitrogens with one attached hydrogen (secondary N) is 2. The second-order valence-electron chi connectivity index (χ2n) is 7.92. The van der Waals surface area contributed by atoms with Crippen LogP contribution in [-0.4, -0.2) is 66.8 Å². The van der Waals surface area contributed by atoms with Crippen LogP contribution in [-0.2, 0) is 28.9 Å². The summed E-state index contributed by atoms with van der Waals surface area (Å²) in [4.78, 5) is 4.67. The number of halogens is 1. The minimum atomic E-state index is 0. The van der Waals surface area contributed by atoms with Crippen molar-refractivity contribution in [1.29, 1.82) is 0 Å². The molecule has 0 radical (unpaired) electrons. The molecule has 0 unspecified atom stereocenters. The van der Waals surface area contributed by atoms with Gasteiger partial charge in [-0.1, -0.05) is 6.42 Å². The molecule has 1 saturated heterocycles. The first-order chi connectivity index (χ1) is 14.4. The first-order valence-corrected chi connectivity index (χ1v) is 11.5. The zero-order valence-electron chi connectivity index (χ0n) is 18.4. The first kappa shape index (κ1) is 25.3. The Morgan fingerprint density at radius 2 is 2.07 bits per heavy atom. The van der Waals surface area contributed by atoms with E-state index in [4.69, 9.17) is 9.47 Å². The van der Waals surface area contributed by atoms with Crippen molar-refractivity contribution < 1.29 is 9.47 Å². The third-order valence-electron chi connectivity index (χ3n) is 5.58. The molecule has 0 saturated carbocycles. The Hall–Kier alpha value is -0.940. The summed E-state index contributed by atoms with van der Waals surface area (Å²) in [6.07, 6.45) is 8.86. The third-order valence-corrected chi connectivity index (χ3v) is 5.58. The Bertz CT molecular complexity index is 619. The van der Waals surface area contributed by atoms with Crippen molar-refractivity contribution in [2.45, 2.75) is 64.8 Å². The molecule has 3 heterocycles. The molecule has 1 fully saturated rings. The zero-order chi connectivity index (χ0) is 20.2. The maximum Gasteiger partial charge on any atom is 0.191 e. The predicted molar refractivity (Wildman–Crippen MR) is 130 cm³/mol. The Morgan fingerprint density at radius 3 is 2.90 bits per heavy atom. The topological polar surface area (TPSA) is 85.6 Å². The number of aliphatic imine (C=N–C) groups is 1. The smallest absolute Gasteiger partial charge is 0.191 e. The van der Waals surface area contributed by atoms with Crippen molar-refractivity contribution >= 4 is 29.9 Å². The molecule has 1 aromatic rings. The molecule has 9 heteroatoms. The van der Waals surface area contributed by atoms with Gasteiger partial charge in [0.2, 0.25) is 0 Å². The fourth-order valence-electron chi connectivity index (χ4n) is 3.89. The van der Waals surface area contributed by atoms with Gasteiger partial charge in [-0.05, 0) is 44.9 Å². The molecule has 0 atom stereocenters. The second-order valence-corrected chi connectivity index (χ2v) is 7.92. The summed E-state index contributed by atoms with van der Waals surface area (Å²) in [5, 5.41) is 15.5. The van der Waals surface area contributed by atoms with E-state index in [9.17, 15) is 0 Å². The average molecular weight is 534 g/mol. The molecular weight excluding hydrogens is 495 g/mol. The lowest BCUT2D eigenvalue weighted by atomic mass is 10.0. The molecule has 2 aliphatic heterocycles. The molecule has 1 aromatic heterocycles. The average Bonchev–Trinajstić information content (AvgIpc) is 2.97. The van der Waals surface area contributed by atoms with Gasteiger partial charge in [-0.2, -0.15) is 0 Å². The molecule has 0 spiro atoms. The van der Waals surface area contributed by atoms with E-state index >= 15 is 0 Å². The van der Waals surface area contributed by atoms with Crippen LogP contribution in [0.1, 0.15) is 57.1 Å². The highest BCUT2D eigenvalue weighted by Gasteiger charge is 2.15. The quantitative estimate of drug-likeness (QED) is 0.208. The maximum absolute atomic E-state index is 5.82. The predicted octanol–water partition coefficient (Wildman–Crippen LogP) is 2.55. The lowest BCUT2D eigenvalue weighted by molar-refractivity contribution is 0.0205.